The van der Waals surface area contributed by atoms with Crippen LogP contribution in [0.25, 0.3) is 0 Å². The highest BCUT2D eigenvalue weighted by Crippen LogP contribution is 2.26. The van der Waals surface area contributed by atoms with Crippen LogP contribution in [-0.4, -0.2) is 17.9 Å². The van der Waals surface area contributed by atoms with Crippen molar-refractivity contribution in [3.63, 3.8) is 0 Å². The Hall–Kier alpha value is -2.82. The van der Waals surface area contributed by atoms with Gasteiger partial charge in [0, 0.05) is 5.69 Å². The molecule has 0 unspecified atom stereocenters. The Labute approximate surface area is 135 Å². The fraction of sp³-hybridized carbons (Fsp3) is 0.222. The molecule has 0 saturated heterocycles. The number of benzene rings is 2. The maximum Gasteiger partial charge on any atom is 0.247 e. The summed E-state index contributed by atoms with van der Waals surface area (Å²) in [6.07, 6.45) is 1.04. The number of carbonyl (C=O) groups excluding carboxylic acids is 2. The van der Waals surface area contributed by atoms with Crippen molar-refractivity contribution >= 4 is 28.9 Å². The summed E-state index contributed by atoms with van der Waals surface area (Å²) < 4.78 is 0. The molecule has 2 aromatic rings. The van der Waals surface area contributed by atoms with Crippen molar-refractivity contribution in [1.82, 2.24) is 0 Å². The highest BCUT2D eigenvalue weighted by molar-refractivity contribution is 6.06. The van der Waals surface area contributed by atoms with Gasteiger partial charge in [-0.1, -0.05) is 31.2 Å². The fourth-order valence-corrected chi connectivity index (χ4v) is 2.56. The fourth-order valence-electron chi connectivity index (χ4n) is 2.56. The molecule has 5 heteroatoms. The van der Waals surface area contributed by atoms with Gasteiger partial charge in [-0.05, 0) is 36.2 Å². The van der Waals surface area contributed by atoms with Crippen LogP contribution in [0.4, 0.5) is 17.1 Å². The van der Waals surface area contributed by atoms with Crippen LogP contribution in [0.15, 0.2) is 48.5 Å². The maximum atomic E-state index is 12.2. The van der Waals surface area contributed by atoms with Crippen LogP contribution in [-0.2, 0) is 16.0 Å². The lowest BCUT2D eigenvalue weighted by atomic mass is 10.1. The molecule has 1 aliphatic heterocycles. The lowest BCUT2D eigenvalue weighted by Crippen LogP contribution is -2.41. The normalized spacial score (nSPS) is 16.0. The second-order valence-corrected chi connectivity index (χ2v) is 5.53. The topological polar surface area (TPSA) is 70.2 Å². The Bertz CT molecular complexity index is 725. The monoisotopic (exact) mass is 309 g/mol. The molecule has 3 rings (SSSR count). The number of amides is 2. The average Bonchev–Trinajstić information content (AvgIpc) is 2.56. The van der Waals surface area contributed by atoms with Crippen LogP contribution >= 0.6 is 0 Å². The molecule has 0 saturated carbocycles. The summed E-state index contributed by atoms with van der Waals surface area (Å²) in [6, 6.07) is 14.6. The predicted octanol–water partition coefficient (Wildman–Crippen LogP) is 3.01. The molecule has 118 valence electrons. The third-order valence-corrected chi connectivity index (χ3v) is 3.87. The zero-order valence-electron chi connectivity index (χ0n) is 12.9. The number of para-hydroxylation sites is 2. The highest BCUT2D eigenvalue weighted by atomic mass is 16.2. The van der Waals surface area contributed by atoms with Crippen LogP contribution in [0.2, 0.25) is 0 Å². The standard InChI is InChI=1S/C18H19N3O2/c1-2-12-7-9-13(10-8-12)19-17(22)11-16-18(23)21-15-6-4-3-5-14(15)20-16/h3-10,16,20H,2,11H2,1H3,(H,19,22)(H,21,23)/t16-/m0/s1. The molecule has 0 bridgehead atoms. The van der Waals surface area contributed by atoms with Crippen LogP contribution in [0, 0.1) is 0 Å². The van der Waals surface area contributed by atoms with Crippen molar-refractivity contribution in [1.29, 1.82) is 0 Å². The van der Waals surface area contributed by atoms with E-state index >= 15 is 0 Å². The van der Waals surface area contributed by atoms with Crippen molar-refractivity contribution < 1.29 is 9.59 Å². The number of rotatable bonds is 4. The molecule has 0 radical (unpaired) electrons. The van der Waals surface area contributed by atoms with Crippen molar-refractivity contribution in [2.45, 2.75) is 25.8 Å². The first-order valence-electron chi connectivity index (χ1n) is 7.71. The molecule has 0 fully saturated rings. The van der Waals surface area contributed by atoms with Gasteiger partial charge in [0.25, 0.3) is 0 Å². The second kappa shape index (κ2) is 6.52. The van der Waals surface area contributed by atoms with E-state index in [-0.39, 0.29) is 18.2 Å². The van der Waals surface area contributed by atoms with Crippen LogP contribution in [0.5, 0.6) is 0 Å². The third-order valence-electron chi connectivity index (χ3n) is 3.87. The van der Waals surface area contributed by atoms with E-state index in [9.17, 15) is 9.59 Å². The molecule has 0 aromatic heterocycles. The van der Waals surface area contributed by atoms with Gasteiger partial charge in [0.2, 0.25) is 11.8 Å². The summed E-state index contributed by atoms with van der Waals surface area (Å²) in [5.74, 6) is -0.388. The lowest BCUT2D eigenvalue weighted by Gasteiger charge is -2.26. The van der Waals surface area contributed by atoms with Gasteiger partial charge in [-0.25, -0.2) is 0 Å². The Balaban J connectivity index is 1.62. The van der Waals surface area contributed by atoms with Gasteiger partial charge in [0.05, 0.1) is 17.8 Å². The van der Waals surface area contributed by atoms with E-state index in [2.05, 4.69) is 22.9 Å². The summed E-state index contributed by atoms with van der Waals surface area (Å²) in [4.78, 5) is 24.2. The first-order valence-corrected chi connectivity index (χ1v) is 7.71. The molecule has 2 amide bonds. The van der Waals surface area contributed by atoms with E-state index < -0.39 is 6.04 Å². The number of hydrogen-bond acceptors (Lipinski definition) is 3. The SMILES string of the molecule is CCc1ccc(NC(=O)C[C@@H]2Nc3ccccc3NC2=O)cc1. The second-order valence-electron chi connectivity index (χ2n) is 5.53. The minimum atomic E-state index is -0.570. The molecule has 3 N–H and O–H groups in total. The van der Waals surface area contributed by atoms with Crippen LogP contribution in [0.3, 0.4) is 0 Å². The largest absolute Gasteiger partial charge is 0.372 e. The van der Waals surface area contributed by atoms with Crippen molar-refractivity contribution in [3.05, 3.63) is 54.1 Å². The quantitative estimate of drug-likeness (QED) is 0.813. The number of fused-ring (bicyclic) bond motifs is 1. The molecule has 1 aliphatic rings. The van der Waals surface area contributed by atoms with Gasteiger partial charge in [-0.15, -0.1) is 0 Å². The molecule has 5 nitrogen and oxygen atoms in total. The molecule has 2 aromatic carbocycles. The van der Waals surface area contributed by atoms with Crippen molar-refractivity contribution in [2.24, 2.45) is 0 Å². The van der Waals surface area contributed by atoms with Gasteiger partial charge in [0.15, 0.2) is 0 Å². The number of nitrogens with one attached hydrogen (secondary N) is 3. The Morgan fingerprint density at radius 1 is 1.09 bits per heavy atom. The first-order chi connectivity index (χ1) is 11.2. The number of hydrogen-bond donors (Lipinski definition) is 3. The number of anilines is 3. The maximum absolute atomic E-state index is 12.2. The third kappa shape index (κ3) is 3.51. The van der Waals surface area contributed by atoms with E-state index in [1.54, 1.807) is 0 Å². The Morgan fingerprint density at radius 2 is 1.78 bits per heavy atom. The van der Waals surface area contributed by atoms with E-state index in [1.807, 2.05) is 48.5 Å². The van der Waals surface area contributed by atoms with Gasteiger partial charge >= 0.3 is 0 Å². The van der Waals surface area contributed by atoms with E-state index in [0.717, 1.165) is 23.5 Å². The van der Waals surface area contributed by atoms with E-state index in [4.69, 9.17) is 0 Å². The minimum Gasteiger partial charge on any atom is -0.372 e. The van der Waals surface area contributed by atoms with Crippen LogP contribution in [0.1, 0.15) is 18.9 Å². The van der Waals surface area contributed by atoms with E-state index in [0.29, 0.717) is 0 Å². The summed E-state index contributed by atoms with van der Waals surface area (Å²) in [5.41, 5.74) is 3.53. The molecular weight excluding hydrogens is 290 g/mol. The predicted molar refractivity (Wildman–Crippen MR) is 91.5 cm³/mol. The van der Waals surface area contributed by atoms with E-state index in [1.165, 1.54) is 5.56 Å². The number of aryl methyl sites for hydroxylation is 1. The molecule has 0 spiro atoms. The first kappa shape index (κ1) is 15.1. The Morgan fingerprint density at radius 3 is 2.48 bits per heavy atom. The van der Waals surface area contributed by atoms with Gasteiger partial charge in [-0.3, -0.25) is 9.59 Å². The van der Waals surface area contributed by atoms with Crippen molar-refractivity contribution in [3.8, 4) is 0 Å². The van der Waals surface area contributed by atoms with Gasteiger partial charge < -0.3 is 16.0 Å². The molecule has 1 heterocycles. The summed E-state index contributed by atoms with van der Waals surface area (Å²) >= 11 is 0. The summed E-state index contributed by atoms with van der Waals surface area (Å²) in [6.45, 7) is 2.08. The summed E-state index contributed by atoms with van der Waals surface area (Å²) in [7, 11) is 0. The molecule has 23 heavy (non-hydrogen) atoms. The van der Waals surface area contributed by atoms with Gasteiger partial charge in [0.1, 0.15) is 6.04 Å². The summed E-state index contributed by atoms with van der Waals surface area (Å²) in [5, 5.41) is 8.75. The Kier molecular flexibility index (Phi) is 4.28. The van der Waals surface area contributed by atoms with Crippen molar-refractivity contribution in [2.75, 3.05) is 16.0 Å². The zero-order chi connectivity index (χ0) is 16.2. The molecule has 0 aliphatic carbocycles. The molecular formula is C18H19N3O2. The smallest absolute Gasteiger partial charge is 0.247 e. The highest BCUT2D eigenvalue weighted by Gasteiger charge is 2.27. The minimum absolute atomic E-state index is 0.0791. The zero-order valence-corrected chi connectivity index (χ0v) is 12.9. The van der Waals surface area contributed by atoms with Crippen LogP contribution < -0.4 is 16.0 Å². The molecule has 1 atom stereocenters. The number of carbonyl (C=O) groups is 2. The van der Waals surface area contributed by atoms with Gasteiger partial charge in [-0.2, -0.15) is 0 Å². The lowest BCUT2D eigenvalue weighted by molar-refractivity contribution is -0.122. The average molecular weight is 309 g/mol.